The van der Waals surface area contributed by atoms with Crippen LogP contribution in [0.5, 0.6) is 0 Å². The van der Waals surface area contributed by atoms with E-state index in [-0.39, 0.29) is 11.9 Å². The van der Waals surface area contributed by atoms with E-state index in [0.717, 1.165) is 15.8 Å². The number of nitrogens with zero attached hydrogens (tertiary/aromatic N) is 4. The van der Waals surface area contributed by atoms with E-state index in [1.54, 1.807) is 17.6 Å². The molecule has 0 saturated heterocycles. The van der Waals surface area contributed by atoms with Crippen LogP contribution in [-0.2, 0) is 10.5 Å². The molecule has 3 N–H and O–H groups in total. The van der Waals surface area contributed by atoms with Crippen molar-refractivity contribution in [3.63, 3.8) is 0 Å². The van der Waals surface area contributed by atoms with E-state index >= 15 is 0 Å². The lowest BCUT2D eigenvalue weighted by Gasteiger charge is -2.15. The van der Waals surface area contributed by atoms with Gasteiger partial charge in [0.05, 0.1) is 10.2 Å². The number of fused-ring (bicyclic) bond motifs is 1. The third-order valence-corrected chi connectivity index (χ3v) is 6.88. The zero-order chi connectivity index (χ0) is 21.3. The first-order valence-corrected chi connectivity index (χ1v) is 11.4. The molecule has 0 bridgehead atoms. The van der Waals surface area contributed by atoms with Gasteiger partial charge >= 0.3 is 0 Å². The molecule has 1 atom stereocenters. The maximum absolute atomic E-state index is 12.9. The molecule has 1 amide bonds. The summed E-state index contributed by atoms with van der Waals surface area (Å²) in [6, 6.07) is 12.3. The number of benzene rings is 2. The number of carbonyl (C=O) groups is 1. The second kappa shape index (κ2) is 8.81. The minimum absolute atomic E-state index is 0.162. The summed E-state index contributed by atoms with van der Waals surface area (Å²) in [7, 11) is 0. The zero-order valence-electron chi connectivity index (χ0n) is 15.7. The van der Waals surface area contributed by atoms with Crippen molar-refractivity contribution in [2.45, 2.75) is 23.9 Å². The molecular formula is C19H16Cl2N6OS2. The lowest BCUT2D eigenvalue weighted by Crippen LogP contribution is -2.25. The van der Waals surface area contributed by atoms with Crippen molar-refractivity contribution < 1.29 is 4.79 Å². The number of thioether (sulfide) groups is 1. The molecule has 0 aliphatic heterocycles. The van der Waals surface area contributed by atoms with Crippen molar-refractivity contribution in [3.8, 4) is 0 Å². The van der Waals surface area contributed by atoms with Crippen LogP contribution in [0.15, 0.2) is 47.6 Å². The molecule has 154 valence electrons. The van der Waals surface area contributed by atoms with E-state index in [2.05, 4.69) is 20.5 Å². The Balaban J connectivity index is 1.50. The first-order chi connectivity index (χ1) is 14.4. The van der Waals surface area contributed by atoms with Gasteiger partial charge in [-0.3, -0.25) is 9.36 Å². The SMILES string of the molecule is CC(C(=O)Nc1nc2ccc(Cl)cc2s1)n1c(N)nnc1SCc1ccccc1Cl. The van der Waals surface area contributed by atoms with E-state index in [4.69, 9.17) is 28.9 Å². The minimum atomic E-state index is -0.635. The van der Waals surface area contributed by atoms with Crippen molar-refractivity contribution in [1.82, 2.24) is 19.7 Å². The average molecular weight is 479 g/mol. The molecule has 2 aromatic heterocycles. The summed E-state index contributed by atoms with van der Waals surface area (Å²) in [5.74, 6) is 0.465. The Morgan fingerprint density at radius 1 is 1.27 bits per heavy atom. The third kappa shape index (κ3) is 4.39. The number of carbonyl (C=O) groups excluding carboxylic acids is 1. The quantitative estimate of drug-likeness (QED) is 0.366. The molecule has 0 fully saturated rings. The van der Waals surface area contributed by atoms with Gasteiger partial charge in [0.1, 0.15) is 6.04 Å². The van der Waals surface area contributed by atoms with E-state index in [1.165, 1.54) is 23.1 Å². The van der Waals surface area contributed by atoms with Crippen LogP contribution in [0, 0.1) is 0 Å². The lowest BCUT2D eigenvalue weighted by molar-refractivity contribution is -0.118. The molecule has 4 rings (SSSR count). The first-order valence-electron chi connectivity index (χ1n) is 8.86. The Labute approximate surface area is 190 Å². The Hall–Kier alpha value is -2.33. The highest BCUT2D eigenvalue weighted by Gasteiger charge is 2.23. The largest absolute Gasteiger partial charge is 0.368 e. The number of nitrogens with one attached hydrogen (secondary N) is 1. The molecule has 2 heterocycles. The second-order valence-corrected chi connectivity index (χ2v) is 9.20. The van der Waals surface area contributed by atoms with E-state index < -0.39 is 6.04 Å². The van der Waals surface area contributed by atoms with Crippen molar-refractivity contribution in [2.24, 2.45) is 0 Å². The zero-order valence-corrected chi connectivity index (χ0v) is 18.8. The van der Waals surface area contributed by atoms with E-state index in [9.17, 15) is 4.79 Å². The highest BCUT2D eigenvalue weighted by atomic mass is 35.5. The van der Waals surface area contributed by atoms with Crippen molar-refractivity contribution in [2.75, 3.05) is 11.1 Å². The molecule has 0 radical (unpaired) electrons. The van der Waals surface area contributed by atoms with Gasteiger partial charge in [0.15, 0.2) is 10.3 Å². The number of thiazole rings is 1. The minimum Gasteiger partial charge on any atom is -0.368 e. The fourth-order valence-electron chi connectivity index (χ4n) is 2.79. The van der Waals surface area contributed by atoms with Gasteiger partial charge in [-0.2, -0.15) is 0 Å². The number of amides is 1. The first kappa shape index (κ1) is 20.9. The Morgan fingerprint density at radius 3 is 2.87 bits per heavy atom. The summed E-state index contributed by atoms with van der Waals surface area (Å²) >= 11 is 15.0. The van der Waals surface area contributed by atoms with E-state index in [1.807, 2.05) is 36.4 Å². The second-order valence-electron chi connectivity index (χ2n) is 6.39. The summed E-state index contributed by atoms with van der Waals surface area (Å²) in [6.07, 6.45) is 0. The van der Waals surface area contributed by atoms with Crippen LogP contribution in [0.2, 0.25) is 10.0 Å². The summed E-state index contributed by atoms with van der Waals surface area (Å²) in [6.45, 7) is 1.73. The molecule has 4 aromatic rings. The number of nitrogen functional groups attached to an aromatic ring is 1. The Bertz CT molecular complexity index is 1220. The van der Waals surface area contributed by atoms with Gasteiger partial charge < -0.3 is 11.1 Å². The third-order valence-electron chi connectivity index (χ3n) is 4.35. The highest BCUT2D eigenvalue weighted by molar-refractivity contribution is 7.98. The van der Waals surface area contributed by atoms with Gasteiger partial charge in [0, 0.05) is 15.8 Å². The number of aromatic nitrogens is 4. The van der Waals surface area contributed by atoms with Crippen LogP contribution in [0.4, 0.5) is 11.1 Å². The topological polar surface area (TPSA) is 98.7 Å². The Kier molecular flexibility index (Phi) is 6.14. The van der Waals surface area contributed by atoms with Crippen molar-refractivity contribution in [1.29, 1.82) is 0 Å². The van der Waals surface area contributed by atoms with Crippen LogP contribution >= 0.6 is 46.3 Å². The van der Waals surface area contributed by atoms with Gasteiger partial charge in [-0.15, -0.1) is 10.2 Å². The summed E-state index contributed by atoms with van der Waals surface area (Å²) < 4.78 is 2.49. The summed E-state index contributed by atoms with van der Waals surface area (Å²) in [4.78, 5) is 17.3. The normalized spacial score (nSPS) is 12.2. The van der Waals surface area contributed by atoms with Crippen LogP contribution in [0.3, 0.4) is 0 Å². The molecule has 0 aliphatic rings. The Morgan fingerprint density at radius 2 is 2.07 bits per heavy atom. The maximum atomic E-state index is 12.9. The summed E-state index contributed by atoms with van der Waals surface area (Å²) in [5.41, 5.74) is 7.72. The fraction of sp³-hybridized carbons (Fsp3) is 0.158. The number of hydrogen-bond acceptors (Lipinski definition) is 7. The lowest BCUT2D eigenvalue weighted by atomic mass is 10.2. The number of nitrogens with two attached hydrogens (primary N) is 1. The molecular weight excluding hydrogens is 463 g/mol. The maximum Gasteiger partial charge on any atom is 0.249 e. The van der Waals surface area contributed by atoms with Crippen molar-refractivity contribution in [3.05, 3.63) is 58.1 Å². The van der Waals surface area contributed by atoms with Crippen LogP contribution in [-0.4, -0.2) is 25.7 Å². The highest BCUT2D eigenvalue weighted by Crippen LogP contribution is 2.31. The molecule has 7 nitrogen and oxygen atoms in total. The molecule has 0 saturated carbocycles. The summed E-state index contributed by atoms with van der Waals surface area (Å²) in [5, 5.41) is 13.2. The van der Waals surface area contributed by atoms with Gasteiger partial charge in [-0.25, -0.2) is 4.98 Å². The monoisotopic (exact) mass is 478 g/mol. The van der Waals surface area contributed by atoms with Gasteiger partial charge in [-0.1, -0.05) is 64.5 Å². The number of rotatable bonds is 6. The smallest absolute Gasteiger partial charge is 0.249 e. The molecule has 0 spiro atoms. The van der Waals surface area contributed by atoms with Gasteiger partial charge in [-0.05, 0) is 36.8 Å². The number of anilines is 2. The van der Waals surface area contributed by atoms with Gasteiger partial charge in [0.2, 0.25) is 11.9 Å². The van der Waals surface area contributed by atoms with E-state index in [0.29, 0.717) is 26.1 Å². The molecule has 1 unspecified atom stereocenters. The average Bonchev–Trinajstić information content (AvgIpc) is 3.28. The van der Waals surface area contributed by atoms with Crippen molar-refractivity contribution >= 4 is 73.5 Å². The predicted octanol–water partition coefficient (Wildman–Crippen LogP) is 5.27. The number of hydrogen-bond donors (Lipinski definition) is 2. The molecule has 11 heteroatoms. The fourth-order valence-corrected chi connectivity index (χ4v) is 5.24. The van der Waals surface area contributed by atoms with Crippen LogP contribution in [0.25, 0.3) is 10.2 Å². The van der Waals surface area contributed by atoms with Crippen LogP contribution in [0.1, 0.15) is 18.5 Å². The standard InChI is InChI=1S/C19H16Cl2N6OS2/c1-10(16(28)24-18-23-14-7-6-12(20)8-15(14)30-18)27-17(22)25-26-19(27)29-9-11-4-2-3-5-13(11)21/h2-8,10H,9H2,1H3,(H2,22,25)(H,23,24,28). The van der Waals surface area contributed by atoms with Crippen LogP contribution < -0.4 is 11.1 Å². The molecule has 30 heavy (non-hydrogen) atoms. The predicted molar refractivity (Wildman–Crippen MR) is 123 cm³/mol. The van der Waals surface area contributed by atoms with Gasteiger partial charge in [0.25, 0.3) is 0 Å². The number of halogens is 2. The molecule has 2 aromatic carbocycles. The molecule has 0 aliphatic carbocycles.